The number of carbonyl (C=O) groups excluding carboxylic acids is 1. The number of aromatic nitrogens is 1. The van der Waals surface area contributed by atoms with E-state index in [1.807, 2.05) is 42.5 Å². The molecule has 0 atom stereocenters. The maximum Gasteiger partial charge on any atom is 0.254 e. The number of anilines is 1. The smallest absolute Gasteiger partial charge is 0.254 e. The number of nitrogens with zero attached hydrogens (tertiary/aromatic N) is 2. The summed E-state index contributed by atoms with van der Waals surface area (Å²) < 4.78 is 10.2. The second-order valence-electron chi connectivity index (χ2n) is 6.49. The molecule has 146 valence electrons. The average molecular weight is 379 g/mol. The minimum absolute atomic E-state index is 0.0346. The van der Waals surface area contributed by atoms with Gasteiger partial charge in [0.1, 0.15) is 0 Å². The molecule has 0 unspecified atom stereocenters. The molecule has 1 aromatic heterocycles. The van der Waals surface area contributed by atoms with Crippen LogP contribution in [0.5, 0.6) is 0 Å². The lowest BCUT2D eigenvalue weighted by atomic mass is 10.0. The summed E-state index contributed by atoms with van der Waals surface area (Å²) in [6, 6.07) is 15.4. The largest absolute Gasteiger partial charge is 0.398 e. The monoisotopic (exact) mass is 379 g/mol. The molecule has 1 amide bonds. The zero-order valence-electron chi connectivity index (χ0n) is 16.2. The fourth-order valence-electron chi connectivity index (χ4n) is 3.05. The number of benzene rings is 2. The van der Waals surface area contributed by atoms with Crippen molar-refractivity contribution in [3.05, 3.63) is 60.3 Å². The zero-order valence-corrected chi connectivity index (χ0v) is 16.2. The third kappa shape index (κ3) is 4.47. The molecule has 1 heterocycles. The molecule has 0 fully saturated rings. The molecule has 3 rings (SSSR count). The van der Waals surface area contributed by atoms with Crippen LogP contribution in [0.15, 0.2) is 54.7 Å². The summed E-state index contributed by atoms with van der Waals surface area (Å²) >= 11 is 0. The average Bonchev–Trinajstić information content (AvgIpc) is 2.74. The Balaban J connectivity index is 1.82. The van der Waals surface area contributed by atoms with Crippen molar-refractivity contribution < 1.29 is 14.3 Å². The van der Waals surface area contributed by atoms with Gasteiger partial charge in [0, 0.05) is 50.1 Å². The van der Waals surface area contributed by atoms with Crippen molar-refractivity contribution in [2.75, 3.05) is 46.3 Å². The van der Waals surface area contributed by atoms with E-state index in [-0.39, 0.29) is 5.91 Å². The quantitative estimate of drug-likeness (QED) is 0.650. The first kappa shape index (κ1) is 19.8. The van der Waals surface area contributed by atoms with Crippen LogP contribution in [-0.2, 0) is 9.47 Å². The maximum absolute atomic E-state index is 12.8. The third-order valence-electron chi connectivity index (χ3n) is 4.66. The summed E-state index contributed by atoms with van der Waals surface area (Å²) in [5, 5.41) is 0.922. The number of hydrogen-bond donors (Lipinski definition) is 1. The van der Waals surface area contributed by atoms with Gasteiger partial charge in [-0.25, -0.2) is 0 Å². The Kier molecular flexibility index (Phi) is 6.57. The number of methoxy groups -OCH3 is 2. The van der Waals surface area contributed by atoms with Crippen molar-refractivity contribution in [2.45, 2.75) is 0 Å². The van der Waals surface area contributed by atoms with Crippen LogP contribution < -0.4 is 5.73 Å². The van der Waals surface area contributed by atoms with Crippen molar-refractivity contribution in [3.8, 4) is 11.1 Å². The van der Waals surface area contributed by atoms with Crippen LogP contribution in [0.1, 0.15) is 10.4 Å². The van der Waals surface area contributed by atoms with E-state index >= 15 is 0 Å². The van der Waals surface area contributed by atoms with E-state index < -0.39 is 0 Å². The van der Waals surface area contributed by atoms with Gasteiger partial charge in [0.2, 0.25) is 0 Å². The molecule has 0 aliphatic rings. The Morgan fingerprint density at radius 1 is 0.964 bits per heavy atom. The van der Waals surface area contributed by atoms with Crippen molar-refractivity contribution in [1.29, 1.82) is 0 Å². The van der Waals surface area contributed by atoms with Crippen molar-refractivity contribution >= 4 is 22.5 Å². The van der Waals surface area contributed by atoms with Gasteiger partial charge in [0.15, 0.2) is 0 Å². The van der Waals surface area contributed by atoms with Crippen LogP contribution in [0.4, 0.5) is 5.69 Å². The Morgan fingerprint density at radius 2 is 1.61 bits per heavy atom. The SMILES string of the molecule is COCCN(CCOC)C(=O)c1ccc(-c2ccc3nccc(N)c3c2)cc1. The third-order valence-corrected chi connectivity index (χ3v) is 4.66. The van der Waals surface area contributed by atoms with Crippen LogP contribution in [-0.4, -0.2) is 56.3 Å². The lowest BCUT2D eigenvalue weighted by molar-refractivity contribution is 0.0627. The highest BCUT2D eigenvalue weighted by molar-refractivity contribution is 5.96. The van der Waals surface area contributed by atoms with Crippen molar-refractivity contribution in [1.82, 2.24) is 9.88 Å². The highest BCUT2D eigenvalue weighted by Crippen LogP contribution is 2.27. The summed E-state index contributed by atoms with van der Waals surface area (Å²) in [6.45, 7) is 2.02. The standard InChI is InChI=1S/C22H25N3O3/c1-27-13-11-25(12-14-28-2)22(26)17-5-3-16(4-6-17)18-7-8-21-19(15-18)20(23)9-10-24-21/h3-10,15H,11-14H2,1-2H3,(H2,23,24). The fraction of sp³-hybridized carbons (Fsp3) is 0.273. The molecular weight excluding hydrogens is 354 g/mol. The molecule has 0 spiro atoms. The second-order valence-corrected chi connectivity index (χ2v) is 6.49. The Hall–Kier alpha value is -2.96. The van der Waals surface area contributed by atoms with E-state index in [0.717, 1.165) is 22.0 Å². The van der Waals surface area contributed by atoms with Crippen LogP contribution >= 0.6 is 0 Å². The normalized spacial score (nSPS) is 10.9. The molecule has 28 heavy (non-hydrogen) atoms. The molecule has 0 aliphatic heterocycles. The van der Waals surface area contributed by atoms with Crippen molar-refractivity contribution in [3.63, 3.8) is 0 Å². The van der Waals surface area contributed by atoms with E-state index in [4.69, 9.17) is 15.2 Å². The molecule has 0 radical (unpaired) electrons. The van der Waals surface area contributed by atoms with Crippen LogP contribution in [0, 0.1) is 0 Å². The molecule has 0 saturated carbocycles. The van der Waals surface area contributed by atoms with E-state index in [2.05, 4.69) is 4.98 Å². The van der Waals surface area contributed by atoms with E-state index in [1.54, 1.807) is 31.4 Å². The van der Waals surface area contributed by atoms with E-state index in [1.165, 1.54) is 0 Å². The van der Waals surface area contributed by atoms with Crippen LogP contribution in [0.25, 0.3) is 22.0 Å². The highest BCUT2D eigenvalue weighted by Gasteiger charge is 2.15. The fourth-order valence-corrected chi connectivity index (χ4v) is 3.05. The van der Waals surface area contributed by atoms with Gasteiger partial charge in [0.25, 0.3) is 5.91 Å². The topological polar surface area (TPSA) is 77.7 Å². The second kappa shape index (κ2) is 9.30. The molecule has 3 aromatic rings. The van der Waals surface area contributed by atoms with Gasteiger partial charge in [0.05, 0.1) is 18.7 Å². The number of ether oxygens (including phenoxy) is 2. The maximum atomic E-state index is 12.8. The number of hydrogen-bond acceptors (Lipinski definition) is 5. The summed E-state index contributed by atoms with van der Waals surface area (Å²) in [7, 11) is 3.25. The molecule has 2 N–H and O–H groups in total. The van der Waals surface area contributed by atoms with Gasteiger partial charge < -0.3 is 20.1 Å². The number of pyridine rings is 1. The number of rotatable bonds is 8. The predicted octanol–water partition coefficient (Wildman–Crippen LogP) is 3.22. The Morgan fingerprint density at radius 3 is 2.25 bits per heavy atom. The van der Waals surface area contributed by atoms with Gasteiger partial charge >= 0.3 is 0 Å². The number of nitrogen functional groups attached to an aromatic ring is 1. The zero-order chi connectivity index (χ0) is 19.9. The minimum Gasteiger partial charge on any atom is -0.398 e. The van der Waals surface area contributed by atoms with Gasteiger partial charge in [-0.3, -0.25) is 9.78 Å². The van der Waals surface area contributed by atoms with E-state index in [0.29, 0.717) is 37.6 Å². The van der Waals surface area contributed by atoms with Gasteiger partial charge in [-0.2, -0.15) is 0 Å². The van der Waals surface area contributed by atoms with Gasteiger partial charge in [-0.1, -0.05) is 18.2 Å². The number of carbonyl (C=O) groups is 1. The van der Waals surface area contributed by atoms with Crippen LogP contribution in [0.2, 0.25) is 0 Å². The lowest BCUT2D eigenvalue weighted by Gasteiger charge is -2.22. The first-order valence-electron chi connectivity index (χ1n) is 9.16. The van der Waals surface area contributed by atoms with Gasteiger partial charge in [-0.05, 0) is 41.5 Å². The number of nitrogens with two attached hydrogens (primary N) is 1. The summed E-state index contributed by atoms with van der Waals surface area (Å²) in [5.74, 6) is -0.0346. The minimum atomic E-state index is -0.0346. The first-order valence-corrected chi connectivity index (χ1v) is 9.16. The molecule has 0 saturated heterocycles. The van der Waals surface area contributed by atoms with Crippen LogP contribution in [0.3, 0.4) is 0 Å². The van der Waals surface area contributed by atoms with E-state index in [9.17, 15) is 4.79 Å². The molecule has 0 aliphatic carbocycles. The van der Waals surface area contributed by atoms with Gasteiger partial charge in [-0.15, -0.1) is 0 Å². The number of fused-ring (bicyclic) bond motifs is 1. The Bertz CT molecular complexity index is 933. The lowest BCUT2D eigenvalue weighted by Crippen LogP contribution is -2.36. The summed E-state index contributed by atoms with van der Waals surface area (Å²) in [4.78, 5) is 18.9. The first-order chi connectivity index (χ1) is 13.6. The highest BCUT2D eigenvalue weighted by atomic mass is 16.5. The molecule has 6 nitrogen and oxygen atoms in total. The predicted molar refractivity (Wildman–Crippen MR) is 111 cm³/mol. The Labute approximate surface area is 164 Å². The molecule has 6 heteroatoms. The molecule has 0 bridgehead atoms. The molecular formula is C22H25N3O3. The number of amides is 1. The summed E-state index contributed by atoms with van der Waals surface area (Å²) in [6.07, 6.45) is 1.71. The molecule has 2 aromatic carbocycles. The summed E-state index contributed by atoms with van der Waals surface area (Å²) in [5.41, 5.74) is 10.3. The van der Waals surface area contributed by atoms with Crippen molar-refractivity contribution in [2.24, 2.45) is 0 Å².